The van der Waals surface area contributed by atoms with Gasteiger partial charge in [-0.1, -0.05) is 48.0 Å². The zero-order valence-electron chi connectivity index (χ0n) is 10.3. The lowest BCUT2D eigenvalue weighted by Gasteiger charge is -2.04. The molecule has 0 aromatic heterocycles. The lowest BCUT2D eigenvalue weighted by molar-refractivity contribution is 1.37. The van der Waals surface area contributed by atoms with Crippen LogP contribution in [0.5, 0.6) is 0 Å². The molecule has 0 heterocycles. The van der Waals surface area contributed by atoms with Crippen molar-refractivity contribution in [3.05, 3.63) is 71.3 Å². The summed E-state index contributed by atoms with van der Waals surface area (Å²) in [6.07, 6.45) is 0. The molecule has 0 saturated carbocycles. The molecular weight excluding hydrogens is 260 g/mol. The molecule has 2 aromatic carbocycles. The van der Waals surface area contributed by atoms with Crippen LogP contribution in [0.15, 0.2) is 60.0 Å². The molecule has 0 saturated heterocycles. The first kappa shape index (κ1) is 13.3. The van der Waals surface area contributed by atoms with Crippen molar-refractivity contribution < 1.29 is 0 Å². The van der Waals surface area contributed by atoms with Crippen molar-refractivity contribution in [1.82, 2.24) is 0 Å². The first-order chi connectivity index (χ1) is 8.65. The highest BCUT2D eigenvalue weighted by Crippen LogP contribution is 2.24. The Hall–Kier alpha value is -1.18. The zero-order valence-corrected chi connectivity index (χ0v) is 11.9. The second kappa shape index (κ2) is 6.12. The summed E-state index contributed by atoms with van der Waals surface area (Å²) in [6, 6.07) is 16.5. The molecule has 18 heavy (non-hydrogen) atoms. The molecule has 0 amide bonds. The molecule has 0 aliphatic heterocycles. The molecule has 0 spiro atoms. The lowest BCUT2D eigenvalue weighted by Crippen LogP contribution is -1.83. The van der Waals surface area contributed by atoms with Gasteiger partial charge >= 0.3 is 0 Å². The summed E-state index contributed by atoms with van der Waals surface area (Å²) in [5.41, 5.74) is 3.63. The van der Waals surface area contributed by atoms with Crippen molar-refractivity contribution in [2.45, 2.75) is 17.6 Å². The van der Waals surface area contributed by atoms with Gasteiger partial charge in [0.15, 0.2) is 0 Å². The standard InChI is InChI=1S/C16H15ClS/c1-12(2)14-5-3-13(4-6-14)11-18-16-9-7-15(17)8-10-16/h3-10H,1,11H2,2H3. The van der Waals surface area contributed by atoms with Gasteiger partial charge in [0.2, 0.25) is 0 Å². The summed E-state index contributed by atoms with van der Waals surface area (Å²) in [5.74, 6) is 0.970. The van der Waals surface area contributed by atoms with Gasteiger partial charge in [0, 0.05) is 15.7 Å². The van der Waals surface area contributed by atoms with Crippen LogP contribution in [0.2, 0.25) is 5.02 Å². The summed E-state index contributed by atoms with van der Waals surface area (Å²) < 4.78 is 0. The van der Waals surface area contributed by atoms with E-state index >= 15 is 0 Å². The zero-order chi connectivity index (χ0) is 13.0. The van der Waals surface area contributed by atoms with Crippen LogP contribution in [0.4, 0.5) is 0 Å². The average Bonchev–Trinajstić information content (AvgIpc) is 2.38. The number of allylic oxidation sites excluding steroid dienone is 1. The molecule has 0 N–H and O–H groups in total. The largest absolute Gasteiger partial charge is 0.121 e. The number of rotatable bonds is 4. The van der Waals surface area contributed by atoms with Crippen LogP contribution in [0.1, 0.15) is 18.1 Å². The molecule has 0 radical (unpaired) electrons. The van der Waals surface area contributed by atoms with Gasteiger partial charge in [-0.15, -0.1) is 11.8 Å². The van der Waals surface area contributed by atoms with Gasteiger partial charge in [-0.3, -0.25) is 0 Å². The molecule has 2 rings (SSSR count). The van der Waals surface area contributed by atoms with Gasteiger partial charge in [0.1, 0.15) is 0 Å². The molecule has 0 nitrogen and oxygen atoms in total. The van der Waals surface area contributed by atoms with E-state index in [1.807, 2.05) is 30.8 Å². The van der Waals surface area contributed by atoms with E-state index in [4.69, 9.17) is 11.6 Å². The van der Waals surface area contributed by atoms with Crippen LogP contribution < -0.4 is 0 Å². The fourth-order valence-corrected chi connectivity index (χ4v) is 2.56. The minimum atomic E-state index is 0.783. The van der Waals surface area contributed by atoms with Crippen molar-refractivity contribution in [2.24, 2.45) is 0 Å². The van der Waals surface area contributed by atoms with Crippen molar-refractivity contribution >= 4 is 28.9 Å². The van der Waals surface area contributed by atoms with E-state index in [1.54, 1.807) is 0 Å². The molecule has 0 fully saturated rings. The fourth-order valence-electron chi connectivity index (χ4n) is 1.58. The third-order valence-corrected chi connectivity index (χ3v) is 4.00. The number of hydrogen-bond donors (Lipinski definition) is 0. The Morgan fingerprint density at radius 2 is 1.67 bits per heavy atom. The second-order valence-electron chi connectivity index (χ2n) is 4.22. The van der Waals surface area contributed by atoms with Gasteiger partial charge in [-0.05, 0) is 42.3 Å². The molecule has 0 unspecified atom stereocenters. The Morgan fingerprint density at radius 1 is 1.06 bits per heavy atom. The Balaban J connectivity index is 1.97. The first-order valence-corrected chi connectivity index (χ1v) is 7.15. The second-order valence-corrected chi connectivity index (χ2v) is 5.71. The number of benzene rings is 2. The molecule has 0 atom stereocenters. The summed E-state index contributed by atoms with van der Waals surface area (Å²) in [5, 5.41) is 0.783. The van der Waals surface area contributed by atoms with Crippen LogP contribution in [0.25, 0.3) is 5.57 Å². The SMILES string of the molecule is C=C(C)c1ccc(CSc2ccc(Cl)cc2)cc1. The normalized spacial score (nSPS) is 10.3. The number of hydrogen-bond acceptors (Lipinski definition) is 1. The number of halogens is 1. The van der Waals surface area contributed by atoms with Gasteiger partial charge < -0.3 is 0 Å². The minimum absolute atomic E-state index is 0.783. The molecule has 0 bridgehead atoms. The predicted molar refractivity (Wildman–Crippen MR) is 82.2 cm³/mol. The Bertz CT molecular complexity index is 526. The highest BCUT2D eigenvalue weighted by atomic mass is 35.5. The topological polar surface area (TPSA) is 0 Å². The average molecular weight is 275 g/mol. The summed E-state index contributed by atoms with van der Waals surface area (Å²) in [6.45, 7) is 5.96. The molecule has 0 aliphatic rings. The van der Waals surface area contributed by atoms with Crippen molar-refractivity contribution in [3.63, 3.8) is 0 Å². The molecular formula is C16H15ClS. The van der Waals surface area contributed by atoms with Crippen LogP contribution in [0.3, 0.4) is 0 Å². The molecule has 2 heteroatoms. The maximum absolute atomic E-state index is 5.86. The van der Waals surface area contributed by atoms with Crippen molar-refractivity contribution in [2.75, 3.05) is 0 Å². The van der Waals surface area contributed by atoms with Crippen LogP contribution in [-0.2, 0) is 5.75 Å². The Morgan fingerprint density at radius 3 is 2.22 bits per heavy atom. The van der Waals surface area contributed by atoms with E-state index in [0.29, 0.717) is 0 Å². The van der Waals surface area contributed by atoms with Gasteiger partial charge in [0.25, 0.3) is 0 Å². The fraction of sp³-hybridized carbons (Fsp3) is 0.125. The molecule has 0 aliphatic carbocycles. The third kappa shape index (κ3) is 3.66. The van der Waals surface area contributed by atoms with E-state index in [2.05, 4.69) is 43.0 Å². The number of thioether (sulfide) groups is 1. The third-order valence-electron chi connectivity index (χ3n) is 2.67. The quantitative estimate of drug-likeness (QED) is 0.648. The maximum Gasteiger partial charge on any atom is 0.0406 e. The molecule has 92 valence electrons. The van der Waals surface area contributed by atoms with E-state index in [9.17, 15) is 0 Å². The summed E-state index contributed by atoms with van der Waals surface area (Å²) in [4.78, 5) is 1.24. The van der Waals surface area contributed by atoms with Crippen molar-refractivity contribution in [3.8, 4) is 0 Å². The van der Waals surface area contributed by atoms with E-state index in [0.717, 1.165) is 16.3 Å². The smallest absolute Gasteiger partial charge is 0.0406 e. The molecule has 2 aromatic rings. The van der Waals surface area contributed by atoms with Gasteiger partial charge in [-0.2, -0.15) is 0 Å². The Kier molecular flexibility index (Phi) is 4.51. The highest BCUT2D eigenvalue weighted by Gasteiger charge is 1.98. The van der Waals surface area contributed by atoms with Crippen LogP contribution >= 0.6 is 23.4 Å². The van der Waals surface area contributed by atoms with Gasteiger partial charge in [-0.25, -0.2) is 0 Å². The summed E-state index contributed by atoms with van der Waals surface area (Å²) >= 11 is 7.67. The van der Waals surface area contributed by atoms with E-state index < -0.39 is 0 Å². The van der Waals surface area contributed by atoms with Crippen LogP contribution in [-0.4, -0.2) is 0 Å². The van der Waals surface area contributed by atoms with Gasteiger partial charge in [0.05, 0.1) is 0 Å². The minimum Gasteiger partial charge on any atom is -0.121 e. The van der Waals surface area contributed by atoms with Crippen LogP contribution in [0, 0.1) is 0 Å². The maximum atomic E-state index is 5.86. The van der Waals surface area contributed by atoms with Crippen molar-refractivity contribution in [1.29, 1.82) is 0 Å². The van der Waals surface area contributed by atoms with E-state index in [1.165, 1.54) is 16.0 Å². The Labute approximate surface area is 118 Å². The first-order valence-electron chi connectivity index (χ1n) is 5.78. The van der Waals surface area contributed by atoms with E-state index in [-0.39, 0.29) is 0 Å². The predicted octanol–water partition coefficient (Wildman–Crippen LogP) is 5.67. The monoisotopic (exact) mass is 274 g/mol. The summed E-state index contributed by atoms with van der Waals surface area (Å²) in [7, 11) is 0. The highest BCUT2D eigenvalue weighted by molar-refractivity contribution is 7.98. The lowest BCUT2D eigenvalue weighted by atomic mass is 10.1.